The monoisotopic (exact) mass is 489 g/mol. The summed E-state index contributed by atoms with van der Waals surface area (Å²) in [6, 6.07) is 14.2. The van der Waals surface area contributed by atoms with Gasteiger partial charge in [0.05, 0.1) is 19.3 Å². The molecule has 0 radical (unpaired) electrons. The van der Waals surface area contributed by atoms with Gasteiger partial charge in [0.15, 0.2) is 12.3 Å². The van der Waals surface area contributed by atoms with Gasteiger partial charge in [-0.2, -0.15) is 0 Å². The van der Waals surface area contributed by atoms with Crippen molar-refractivity contribution in [1.82, 2.24) is 14.8 Å². The van der Waals surface area contributed by atoms with Gasteiger partial charge in [-0.25, -0.2) is 4.98 Å². The number of fused-ring (bicyclic) bond motifs is 1. The first-order valence-corrected chi connectivity index (χ1v) is 12.5. The number of morpholine rings is 1. The molecule has 8 nitrogen and oxygen atoms in total. The largest absolute Gasteiger partial charge is 0.484 e. The summed E-state index contributed by atoms with van der Waals surface area (Å²) in [6.45, 7) is 6.90. The van der Waals surface area contributed by atoms with Gasteiger partial charge in [-0.05, 0) is 42.2 Å². The second kappa shape index (κ2) is 10.5. The summed E-state index contributed by atoms with van der Waals surface area (Å²) in [5, 5.41) is 0. The number of aryl methyl sites for hydroxylation is 1. The fourth-order valence-electron chi connectivity index (χ4n) is 4.81. The smallest absolute Gasteiger partial charge is 0.275 e. The molecule has 2 aliphatic rings. The van der Waals surface area contributed by atoms with E-state index in [1.165, 1.54) is 17.4 Å². The Morgan fingerprint density at radius 1 is 1.08 bits per heavy atom. The lowest BCUT2D eigenvalue weighted by molar-refractivity contribution is -0.132. The van der Waals surface area contributed by atoms with E-state index in [4.69, 9.17) is 13.9 Å². The summed E-state index contributed by atoms with van der Waals surface area (Å²) in [6.07, 6.45) is 2.64. The lowest BCUT2D eigenvalue weighted by atomic mass is 9.87. The van der Waals surface area contributed by atoms with Crippen LogP contribution in [-0.4, -0.2) is 59.4 Å². The van der Waals surface area contributed by atoms with Crippen molar-refractivity contribution < 1.29 is 23.5 Å². The second-order valence-corrected chi connectivity index (χ2v) is 9.18. The van der Waals surface area contributed by atoms with Gasteiger partial charge < -0.3 is 23.7 Å². The van der Waals surface area contributed by atoms with E-state index >= 15 is 0 Å². The SMILES string of the molecule is CCC(=O)N1CCc2ccc(OCc3nc(C(=O)N4CCOCC4)co3)cc2[C@H]1c1ccc(C)cc1. The molecule has 2 aromatic carbocycles. The molecule has 0 N–H and O–H groups in total. The molecule has 188 valence electrons. The molecule has 1 atom stereocenters. The van der Waals surface area contributed by atoms with Crippen LogP contribution in [0, 0.1) is 6.92 Å². The maximum Gasteiger partial charge on any atom is 0.275 e. The quantitative estimate of drug-likeness (QED) is 0.522. The number of oxazole rings is 1. The minimum atomic E-state index is -0.163. The first-order valence-electron chi connectivity index (χ1n) is 12.5. The molecule has 2 amide bonds. The van der Waals surface area contributed by atoms with Gasteiger partial charge in [-0.3, -0.25) is 9.59 Å². The molecule has 3 aromatic rings. The minimum absolute atomic E-state index is 0.0992. The van der Waals surface area contributed by atoms with Gasteiger partial charge in [0.2, 0.25) is 11.8 Å². The van der Waals surface area contributed by atoms with Crippen LogP contribution in [0.3, 0.4) is 0 Å². The van der Waals surface area contributed by atoms with Crippen molar-refractivity contribution in [1.29, 1.82) is 0 Å². The predicted molar refractivity (Wildman–Crippen MR) is 133 cm³/mol. The summed E-state index contributed by atoms with van der Waals surface area (Å²) in [5.41, 5.74) is 4.81. The summed E-state index contributed by atoms with van der Waals surface area (Å²) in [5.74, 6) is 0.969. The highest BCUT2D eigenvalue weighted by Crippen LogP contribution is 2.37. The third-order valence-corrected chi connectivity index (χ3v) is 6.79. The Morgan fingerprint density at radius 2 is 1.86 bits per heavy atom. The Morgan fingerprint density at radius 3 is 2.61 bits per heavy atom. The van der Waals surface area contributed by atoms with Crippen molar-refractivity contribution >= 4 is 11.8 Å². The Kier molecular flexibility index (Phi) is 7.04. The van der Waals surface area contributed by atoms with Crippen LogP contribution in [0.5, 0.6) is 5.75 Å². The molecule has 1 saturated heterocycles. The molecule has 3 heterocycles. The van der Waals surface area contributed by atoms with Crippen molar-refractivity contribution in [2.24, 2.45) is 0 Å². The number of aromatic nitrogens is 1. The van der Waals surface area contributed by atoms with Crippen LogP contribution < -0.4 is 4.74 Å². The number of hydrogen-bond donors (Lipinski definition) is 0. The van der Waals surface area contributed by atoms with E-state index in [0.29, 0.717) is 50.9 Å². The van der Waals surface area contributed by atoms with Gasteiger partial charge in [-0.15, -0.1) is 0 Å². The number of carbonyl (C=O) groups excluding carboxylic acids is 2. The van der Waals surface area contributed by atoms with E-state index in [-0.39, 0.29) is 30.2 Å². The van der Waals surface area contributed by atoms with Gasteiger partial charge in [-0.1, -0.05) is 42.8 Å². The molecular weight excluding hydrogens is 458 g/mol. The number of carbonyl (C=O) groups is 2. The summed E-state index contributed by atoms with van der Waals surface area (Å²) >= 11 is 0. The molecule has 1 aromatic heterocycles. The van der Waals surface area contributed by atoms with Crippen LogP contribution in [-0.2, 0) is 22.6 Å². The molecular formula is C28H31N3O5. The number of amides is 2. The highest BCUT2D eigenvalue weighted by atomic mass is 16.5. The molecule has 0 spiro atoms. The van der Waals surface area contributed by atoms with Crippen LogP contribution in [0.2, 0.25) is 0 Å². The van der Waals surface area contributed by atoms with Crippen LogP contribution >= 0.6 is 0 Å². The van der Waals surface area contributed by atoms with E-state index in [2.05, 4.69) is 42.2 Å². The Labute approximate surface area is 210 Å². The number of rotatable bonds is 6. The first-order chi connectivity index (χ1) is 17.5. The third-order valence-electron chi connectivity index (χ3n) is 6.79. The molecule has 5 rings (SSSR count). The standard InChI is InChI=1S/C28H31N3O5/c1-3-26(32)31-11-10-20-8-9-22(16-23(20)27(31)21-6-4-19(2)5-7-21)35-18-25-29-24(17-36-25)28(33)30-12-14-34-15-13-30/h4-9,16-17,27H,3,10-15,18H2,1-2H3/t27-/m1/s1. The zero-order chi connectivity index (χ0) is 25.1. The second-order valence-electron chi connectivity index (χ2n) is 9.18. The predicted octanol–water partition coefficient (Wildman–Crippen LogP) is 3.92. The van der Waals surface area contributed by atoms with Crippen molar-refractivity contribution in [3.63, 3.8) is 0 Å². The molecule has 0 saturated carbocycles. The molecule has 1 fully saturated rings. The highest BCUT2D eigenvalue weighted by molar-refractivity contribution is 5.92. The lowest BCUT2D eigenvalue weighted by Gasteiger charge is -2.38. The van der Waals surface area contributed by atoms with E-state index in [9.17, 15) is 9.59 Å². The third kappa shape index (κ3) is 4.99. The van der Waals surface area contributed by atoms with Gasteiger partial charge >= 0.3 is 0 Å². The number of benzene rings is 2. The van der Waals surface area contributed by atoms with E-state index < -0.39 is 0 Å². The topological polar surface area (TPSA) is 85.1 Å². The highest BCUT2D eigenvalue weighted by Gasteiger charge is 2.31. The van der Waals surface area contributed by atoms with Gasteiger partial charge in [0, 0.05) is 26.1 Å². The maximum absolute atomic E-state index is 12.8. The average Bonchev–Trinajstić information content (AvgIpc) is 3.40. The van der Waals surface area contributed by atoms with Crippen molar-refractivity contribution in [3.8, 4) is 5.75 Å². The van der Waals surface area contributed by atoms with E-state index in [0.717, 1.165) is 17.5 Å². The molecule has 36 heavy (non-hydrogen) atoms. The normalized spacial score (nSPS) is 17.6. The molecule has 2 aliphatic heterocycles. The summed E-state index contributed by atoms with van der Waals surface area (Å²) in [4.78, 5) is 33.5. The van der Waals surface area contributed by atoms with Gasteiger partial charge in [0.1, 0.15) is 12.0 Å². The maximum atomic E-state index is 12.8. The van der Waals surface area contributed by atoms with Crippen molar-refractivity contribution in [3.05, 3.63) is 82.6 Å². The van der Waals surface area contributed by atoms with Crippen LogP contribution in [0.25, 0.3) is 0 Å². The van der Waals surface area contributed by atoms with E-state index in [1.54, 1.807) is 4.90 Å². The summed E-state index contributed by atoms with van der Waals surface area (Å²) in [7, 11) is 0. The molecule has 0 aliphatic carbocycles. The van der Waals surface area contributed by atoms with Crippen LogP contribution in [0.15, 0.2) is 53.1 Å². The zero-order valence-electron chi connectivity index (χ0n) is 20.7. The average molecular weight is 490 g/mol. The van der Waals surface area contributed by atoms with Gasteiger partial charge in [0.25, 0.3) is 5.91 Å². The Hall–Kier alpha value is -3.65. The molecule has 0 unspecified atom stereocenters. The zero-order valence-corrected chi connectivity index (χ0v) is 20.7. The molecule has 0 bridgehead atoms. The van der Waals surface area contributed by atoms with E-state index in [1.807, 2.05) is 24.0 Å². The van der Waals surface area contributed by atoms with Crippen molar-refractivity contribution in [2.75, 3.05) is 32.8 Å². The number of hydrogen-bond acceptors (Lipinski definition) is 6. The van der Waals surface area contributed by atoms with Crippen LogP contribution in [0.1, 0.15) is 58.0 Å². The first kappa shape index (κ1) is 24.1. The minimum Gasteiger partial charge on any atom is -0.484 e. The van der Waals surface area contributed by atoms with Crippen LogP contribution in [0.4, 0.5) is 0 Å². The number of ether oxygens (including phenoxy) is 2. The Balaban J connectivity index is 1.34. The lowest BCUT2D eigenvalue weighted by Crippen LogP contribution is -2.40. The fourth-order valence-corrected chi connectivity index (χ4v) is 4.81. The molecule has 8 heteroatoms. The van der Waals surface area contributed by atoms with Crippen molar-refractivity contribution in [2.45, 2.75) is 39.3 Å². The Bertz CT molecular complexity index is 1230. The number of nitrogens with zero attached hydrogens (tertiary/aromatic N) is 3. The summed E-state index contributed by atoms with van der Waals surface area (Å²) < 4.78 is 16.8. The fraction of sp³-hybridized carbons (Fsp3) is 0.393.